The fraction of sp³-hybridized carbons (Fsp3) is 0.333. The minimum Gasteiger partial charge on any atom is -0.484 e. The summed E-state index contributed by atoms with van der Waals surface area (Å²) in [6.45, 7) is 2.09. The average Bonchev–Trinajstić information content (AvgIpc) is 2.59. The maximum Gasteiger partial charge on any atom is 0.264 e. The van der Waals surface area contributed by atoms with E-state index in [-0.39, 0.29) is 12.5 Å². The highest BCUT2D eigenvalue weighted by Gasteiger charge is 2.16. The summed E-state index contributed by atoms with van der Waals surface area (Å²) >= 11 is 0. The van der Waals surface area contributed by atoms with Crippen molar-refractivity contribution < 1.29 is 9.53 Å². The van der Waals surface area contributed by atoms with Gasteiger partial charge in [-0.15, -0.1) is 0 Å². The van der Waals surface area contributed by atoms with Crippen molar-refractivity contribution in [2.24, 2.45) is 0 Å². The Morgan fingerprint density at radius 1 is 1.13 bits per heavy atom. The number of aromatic nitrogens is 1. The molecule has 2 aromatic rings. The molecule has 0 bridgehead atoms. The molecular formula is C18H23N3O2. The first-order valence-electron chi connectivity index (χ1n) is 7.63. The van der Waals surface area contributed by atoms with Crippen LogP contribution in [0.5, 0.6) is 5.75 Å². The van der Waals surface area contributed by atoms with Crippen LogP contribution in [0.3, 0.4) is 0 Å². The van der Waals surface area contributed by atoms with Gasteiger partial charge in [0.15, 0.2) is 12.4 Å². The summed E-state index contributed by atoms with van der Waals surface area (Å²) in [5, 5.41) is 0. The van der Waals surface area contributed by atoms with Crippen molar-refractivity contribution in [3.05, 3.63) is 48.2 Å². The summed E-state index contributed by atoms with van der Waals surface area (Å²) in [7, 11) is 5.53. The van der Waals surface area contributed by atoms with Gasteiger partial charge in [0.1, 0.15) is 5.75 Å². The molecule has 0 aliphatic rings. The third-order valence-electron chi connectivity index (χ3n) is 3.62. The Bertz CT molecular complexity index is 654. The minimum atomic E-state index is -0.124. The summed E-state index contributed by atoms with van der Waals surface area (Å²) in [4.78, 5) is 20.1. The van der Waals surface area contributed by atoms with Crippen molar-refractivity contribution in [1.29, 1.82) is 0 Å². The average molecular weight is 313 g/mol. The molecule has 1 aromatic heterocycles. The Kier molecular flexibility index (Phi) is 5.57. The van der Waals surface area contributed by atoms with Crippen LogP contribution >= 0.6 is 0 Å². The molecular weight excluding hydrogens is 290 g/mol. The molecule has 1 aromatic carbocycles. The molecule has 0 aliphatic heterocycles. The lowest BCUT2D eigenvalue weighted by Gasteiger charge is -2.23. The van der Waals surface area contributed by atoms with E-state index in [4.69, 9.17) is 4.74 Å². The molecule has 122 valence electrons. The van der Waals surface area contributed by atoms with Crippen molar-refractivity contribution in [3.63, 3.8) is 0 Å². The first-order valence-corrected chi connectivity index (χ1v) is 7.63. The standard InChI is InChI=1S/C18H23N3O2/c1-5-14-8-10-15(11-9-14)23-13-17(22)21(4)16-7-6-12-19-18(16)20(2)3/h6-12H,5,13H2,1-4H3. The van der Waals surface area contributed by atoms with Crippen LogP contribution < -0.4 is 14.5 Å². The maximum absolute atomic E-state index is 12.4. The van der Waals surface area contributed by atoms with Gasteiger partial charge in [-0.2, -0.15) is 0 Å². The number of aryl methyl sites for hydroxylation is 1. The van der Waals surface area contributed by atoms with E-state index >= 15 is 0 Å². The van der Waals surface area contributed by atoms with Crippen LogP contribution in [0.2, 0.25) is 0 Å². The molecule has 0 radical (unpaired) electrons. The molecule has 0 N–H and O–H groups in total. The molecule has 23 heavy (non-hydrogen) atoms. The lowest BCUT2D eigenvalue weighted by atomic mass is 10.2. The Balaban J connectivity index is 2.02. The number of likely N-dealkylation sites (N-methyl/N-ethyl adjacent to an activating group) is 1. The van der Waals surface area contributed by atoms with Gasteiger partial charge in [0.2, 0.25) is 0 Å². The first-order chi connectivity index (χ1) is 11.0. The Labute approximate surface area is 137 Å². The monoisotopic (exact) mass is 313 g/mol. The van der Waals surface area contributed by atoms with E-state index in [0.29, 0.717) is 5.75 Å². The molecule has 0 aliphatic carbocycles. The van der Waals surface area contributed by atoms with Crippen LogP contribution in [0.15, 0.2) is 42.6 Å². The number of benzene rings is 1. The predicted molar refractivity (Wildman–Crippen MR) is 93.3 cm³/mol. The summed E-state index contributed by atoms with van der Waals surface area (Å²) in [5.74, 6) is 1.32. The van der Waals surface area contributed by atoms with Gasteiger partial charge in [-0.1, -0.05) is 19.1 Å². The zero-order valence-electron chi connectivity index (χ0n) is 14.1. The number of amides is 1. The second kappa shape index (κ2) is 7.63. The molecule has 0 saturated carbocycles. The zero-order valence-corrected chi connectivity index (χ0v) is 14.1. The highest BCUT2D eigenvalue weighted by molar-refractivity contribution is 5.96. The van der Waals surface area contributed by atoms with E-state index < -0.39 is 0 Å². The number of carbonyl (C=O) groups is 1. The first kappa shape index (κ1) is 16.8. The number of hydrogen-bond donors (Lipinski definition) is 0. The second-order valence-electron chi connectivity index (χ2n) is 5.48. The number of hydrogen-bond acceptors (Lipinski definition) is 4. The SMILES string of the molecule is CCc1ccc(OCC(=O)N(C)c2cccnc2N(C)C)cc1. The number of anilines is 2. The summed E-state index contributed by atoms with van der Waals surface area (Å²) < 4.78 is 5.59. The quantitative estimate of drug-likeness (QED) is 0.822. The van der Waals surface area contributed by atoms with Gasteiger partial charge in [-0.25, -0.2) is 4.98 Å². The zero-order chi connectivity index (χ0) is 16.8. The molecule has 2 rings (SSSR count). The topological polar surface area (TPSA) is 45.7 Å². The number of carbonyl (C=O) groups excluding carboxylic acids is 1. The molecule has 5 heteroatoms. The lowest BCUT2D eigenvalue weighted by Crippen LogP contribution is -2.32. The van der Waals surface area contributed by atoms with E-state index in [1.165, 1.54) is 5.56 Å². The number of nitrogens with zero attached hydrogens (tertiary/aromatic N) is 3. The molecule has 1 heterocycles. The fourth-order valence-corrected chi connectivity index (χ4v) is 2.19. The van der Waals surface area contributed by atoms with Gasteiger partial charge in [-0.3, -0.25) is 4.79 Å². The molecule has 0 spiro atoms. The summed E-state index contributed by atoms with van der Waals surface area (Å²) in [5.41, 5.74) is 2.00. The summed E-state index contributed by atoms with van der Waals surface area (Å²) in [6.07, 6.45) is 2.69. The predicted octanol–water partition coefficient (Wildman–Crippen LogP) is 2.75. The largest absolute Gasteiger partial charge is 0.484 e. The molecule has 5 nitrogen and oxygen atoms in total. The number of ether oxygens (including phenoxy) is 1. The number of rotatable bonds is 6. The Hall–Kier alpha value is -2.56. The minimum absolute atomic E-state index is 0.0102. The van der Waals surface area contributed by atoms with Crippen LogP contribution in [0.25, 0.3) is 0 Å². The highest BCUT2D eigenvalue weighted by atomic mass is 16.5. The van der Waals surface area contributed by atoms with Crippen LogP contribution in [0.4, 0.5) is 11.5 Å². The molecule has 0 unspecified atom stereocenters. The van der Waals surface area contributed by atoms with Gasteiger partial charge in [0, 0.05) is 27.3 Å². The fourth-order valence-electron chi connectivity index (χ4n) is 2.19. The smallest absolute Gasteiger partial charge is 0.264 e. The van der Waals surface area contributed by atoms with Crippen LogP contribution in [-0.4, -0.2) is 38.6 Å². The summed E-state index contributed by atoms with van der Waals surface area (Å²) in [6, 6.07) is 11.5. The van der Waals surface area contributed by atoms with E-state index in [2.05, 4.69) is 11.9 Å². The van der Waals surface area contributed by atoms with Crippen molar-refractivity contribution in [2.75, 3.05) is 37.5 Å². The molecule has 0 saturated heterocycles. The van der Waals surface area contributed by atoms with Crippen molar-refractivity contribution in [3.8, 4) is 5.75 Å². The lowest BCUT2D eigenvalue weighted by molar-refractivity contribution is -0.120. The van der Waals surface area contributed by atoms with Gasteiger partial charge >= 0.3 is 0 Å². The Morgan fingerprint density at radius 3 is 2.43 bits per heavy atom. The second-order valence-corrected chi connectivity index (χ2v) is 5.48. The van der Waals surface area contributed by atoms with Gasteiger partial charge < -0.3 is 14.5 Å². The Morgan fingerprint density at radius 2 is 1.83 bits per heavy atom. The molecule has 0 atom stereocenters. The van der Waals surface area contributed by atoms with Crippen LogP contribution in [0.1, 0.15) is 12.5 Å². The number of pyridine rings is 1. The van der Waals surface area contributed by atoms with Gasteiger partial charge in [0.25, 0.3) is 5.91 Å². The third-order valence-corrected chi connectivity index (χ3v) is 3.62. The van der Waals surface area contributed by atoms with E-state index in [1.807, 2.05) is 55.4 Å². The molecule has 0 fully saturated rings. The van der Waals surface area contributed by atoms with Crippen LogP contribution in [-0.2, 0) is 11.2 Å². The van der Waals surface area contributed by atoms with E-state index in [0.717, 1.165) is 17.9 Å². The van der Waals surface area contributed by atoms with Crippen molar-refractivity contribution in [1.82, 2.24) is 4.98 Å². The van der Waals surface area contributed by atoms with Crippen molar-refractivity contribution >= 4 is 17.4 Å². The molecule has 1 amide bonds. The highest BCUT2D eigenvalue weighted by Crippen LogP contribution is 2.24. The van der Waals surface area contributed by atoms with Crippen molar-refractivity contribution in [2.45, 2.75) is 13.3 Å². The van der Waals surface area contributed by atoms with E-state index in [9.17, 15) is 4.79 Å². The normalized spacial score (nSPS) is 10.3. The maximum atomic E-state index is 12.4. The van der Waals surface area contributed by atoms with Gasteiger partial charge in [-0.05, 0) is 36.2 Å². The van der Waals surface area contributed by atoms with Crippen LogP contribution in [0, 0.1) is 0 Å². The van der Waals surface area contributed by atoms with Gasteiger partial charge in [0.05, 0.1) is 5.69 Å². The third kappa shape index (κ3) is 4.22. The van der Waals surface area contributed by atoms with E-state index in [1.54, 1.807) is 18.1 Å².